The normalized spacial score (nSPS) is 15.8. The first-order chi connectivity index (χ1) is 13.8. The summed E-state index contributed by atoms with van der Waals surface area (Å²) in [5.74, 6) is -0.133. The van der Waals surface area contributed by atoms with Gasteiger partial charge in [-0.25, -0.2) is 8.42 Å². The van der Waals surface area contributed by atoms with Gasteiger partial charge >= 0.3 is 0 Å². The maximum atomic E-state index is 13.3. The van der Waals surface area contributed by atoms with Gasteiger partial charge in [0.25, 0.3) is 0 Å². The van der Waals surface area contributed by atoms with E-state index in [9.17, 15) is 13.2 Å². The maximum absolute atomic E-state index is 13.3. The average molecular weight is 416 g/mol. The Labute approximate surface area is 173 Å². The second kappa shape index (κ2) is 8.86. The Balaban J connectivity index is 1.77. The second-order valence-electron chi connectivity index (χ2n) is 7.47. The molecule has 1 aliphatic heterocycles. The number of sulfonamides is 1. The van der Waals surface area contributed by atoms with Gasteiger partial charge in [0.1, 0.15) is 6.04 Å². The monoisotopic (exact) mass is 415 g/mol. The molecule has 7 heteroatoms. The molecule has 1 fully saturated rings. The zero-order chi connectivity index (χ0) is 21.0. The summed E-state index contributed by atoms with van der Waals surface area (Å²) in [5, 5.41) is 0. The van der Waals surface area contributed by atoms with E-state index < -0.39 is 16.1 Å². The predicted molar refractivity (Wildman–Crippen MR) is 118 cm³/mol. The van der Waals surface area contributed by atoms with Gasteiger partial charge in [0, 0.05) is 31.9 Å². The van der Waals surface area contributed by atoms with E-state index in [0.717, 1.165) is 30.6 Å². The number of hydrogen-bond donors (Lipinski definition) is 0. The number of piperazine rings is 1. The molecule has 1 atom stereocenters. The van der Waals surface area contributed by atoms with E-state index in [1.807, 2.05) is 44.2 Å². The minimum Gasteiger partial charge on any atom is -0.368 e. The third kappa shape index (κ3) is 4.90. The van der Waals surface area contributed by atoms with Gasteiger partial charge in [-0.05, 0) is 37.6 Å². The molecule has 0 N–H and O–H groups in total. The number of nitrogens with zero attached hydrogens (tertiary/aromatic N) is 3. The fourth-order valence-electron chi connectivity index (χ4n) is 3.77. The maximum Gasteiger partial charge on any atom is 0.246 e. The third-order valence-corrected chi connectivity index (χ3v) is 6.49. The lowest BCUT2D eigenvalue weighted by atomic mass is 10.1. The number of para-hydroxylation sites is 1. The number of rotatable bonds is 6. The van der Waals surface area contributed by atoms with Gasteiger partial charge < -0.3 is 9.80 Å². The number of aryl methyl sites for hydroxylation is 1. The lowest BCUT2D eigenvalue weighted by molar-refractivity contribution is -0.132. The summed E-state index contributed by atoms with van der Waals surface area (Å²) in [7, 11) is -3.60. The zero-order valence-corrected chi connectivity index (χ0v) is 18.1. The largest absolute Gasteiger partial charge is 0.368 e. The quantitative estimate of drug-likeness (QED) is 0.728. The van der Waals surface area contributed by atoms with Crippen LogP contribution < -0.4 is 9.21 Å². The van der Waals surface area contributed by atoms with E-state index in [1.54, 1.807) is 17.0 Å². The Morgan fingerprint density at radius 2 is 1.59 bits per heavy atom. The van der Waals surface area contributed by atoms with Crippen molar-refractivity contribution in [3.63, 3.8) is 0 Å². The summed E-state index contributed by atoms with van der Waals surface area (Å²) in [6.07, 6.45) is 1.58. The molecule has 3 rings (SSSR count). The van der Waals surface area contributed by atoms with Crippen molar-refractivity contribution < 1.29 is 13.2 Å². The molecule has 1 amide bonds. The molecule has 2 aromatic carbocycles. The smallest absolute Gasteiger partial charge is 0.246 e. The first-order valence-electron chi connectivity index (χ1n) is 9.96. The van der Waals surface area contributed by atoms with Crippen molar-refractivity contribution >= 4 is 27.3 Å². The highest BCUT2D eigenvalue weighted by atomic mass is 32.2. The van der Waals surface area contributed by atoms with E-state index in [0.29, 0.717) is 25.2 Å². The molecule has 156 valence electrons. The van der Waals surface area contributed by atoms with Gasteiger partial charge in [0.15, 0.2) is 0 Å². The molecule has 0 unspecified atom stereocenters. The zero-order valence-electron chi connectivity index (χ0n) is 17.3. The van der Waals surface area contributed by atoms with Gasteiger partial charge in [-0.3, -0.25) is 9.10 Å². The first kappa shape index (κ1) is 21.2. The molecule has 6 nitrogen and oxygen atoms in total. The first-order valence-corrected chi connectivity index (χ1v) is 11.8. The molecule has 1 aliphatic rings. The molecule has 0 radical (unpaired) electrons. The lowest BCUT2D eigenvalue weighted by Gasteiger charge is -2.39. The van der Waals surface area contributed by atoms with Crippen molar-refractivity contribution in [2.24, 2.45) is 0 Å². The molecule has 1 heterocycles. The molecule has 29 heavy (non-hydrogen) atoms. The van der Waals surface area contributed by atoms with Crippen LogP contribution in [0.1, 0.15) is 18.9 Å². The van der Waals surface area contributed by atoms with E-state index in [-0.39, 0.29) is 5.91 Å². The van der Waals surface area contributed by atoms with Crippen molar-refractivity contribution in [2.45, 2.75) is 26.3 Å². The minimum atomic E-state index is -3.60. The van der Waals surface area contributed by atoms with Crippen LogP contribution in [0.15, 0.2) is 54.6 Å². The average Bonchev–Trinajstić information content (AvgIpc) is 2.72. The van der Waals surface area contributed by atoms with Crippen LogP contribution in [0.25, 0.3) is 0 Å². The summed E-state index contributed by atoms with van der Waals surface area (Å²) in [5.41, 5.74) is 2.71. The van der Waals surface area contributed by atoms with Crippen LogP contribution in [0.5, 0.6) is 0 Å². The van der Waals surface area contributed by atoms with Crippen molar-refractivity contribution in [3.8, 4) is 0 Å². The summed E-state index contributed by atoms with van der Waals surface area (Å²) in [6.45, 7) is 6.43. The van der Waals surface area contributed by atoms with Crippen LogP contribution in [0.3, 0.4) is 0 Å². The topological polar surface area (TPSA) is 60.9 Å². The Morgan fingerprint density at radius 1 is 1.00 bits per heavy atom. The number of anilines is 2. The third-order valence-electron chi connectivity index (χ3n) is 5.31. The van der Waals surface area contributed by atoms with Crippen LogP contribution in [0, 0.1) is 6.92 Å². The predicted octanol–water partition coefficient (Wildman–Crippen LogP) is 2.89. The minimum absolute atomic E-state index is 0.133. The number of carbonyl (C=O) groups is 1. The number of hydrogen-bond acceptors (Lipinski definition) is 4. The van der Waals surface area contributed by atoms with E-state index in [1.165, 1.54) is 4.31 Å². The highest BCUT2D eigenvalue weighted by molar-refractivity contribution is 7.92. The van der Waals surface area contributed by atoms with Gasteiger partial charge in [-0.2, -0.15) is 0 Å². The fraction of sp³-hybridized carbons (Fsp3) is 0.409. The second-order valence-corrected chi connectivity index (χ2v) is 9.33. The van der Waals surface area contributed by atoms with Crippen molar-refractivity contribution in [1.29, 1.82) is 0 Å². The summed E-state index contributed by atoms with van der Waals surface area (Å²) in [6, 6.07) is 16.6. The molecule has 0 saturated carbocycles. The Hall–Kier alpha value is -2.54. The molecule has 0 aliphatic carbocycles. The lowest BCUT2D eigenvalue weighted by Crippen LogP contribution is -2.56. The summed E-state index contributed by atoms with van der Waals surface area (Å²) >= 11 is 0. The Kier molecular flexibility index (Phi) is 6.47. The van der Waals surface area contributed by atoms with E-state index in [4.69, 9.17) is 0 Å². The SMILES string of the molecule is CC[C@H](C(=O)N1CCN(c2ccccc2)CC1)N(c1ccc(C)cc1)S(C)(=O)=O. The van der Waals surface area contributed by atoms with Crippen molar-refractivity contribution in [1.82, 2.24) is 4.90 Å². The van der Waals surface area contributed by atoms with Crippen LogP contribution >= 0.6 is 0 Å². The van der Waals surface area contributed by atoms with Gasteiger partial charge in [0.05, 0.1) is 11.9 Å². The molecular weight excluding hydrogens is 386 g/mol. The molecule has 1 saturated heterocycles. The van der Waals surface area contributed by atoms with Gasteiger partial charge in [-0.15, -0.1) is 0 Å². The van der Waals surface area contributed by atoms with Crippen LogP contribution in [-0.4, -0.2) is 57.7 Å². The molecule has 0 aromatic heterocycles. The molecule has 0 bridgehead atoms. The fourth-order valence-corrected chi connectivity index (χ4v) is 4.98. The van der Waals surface area contributed by atoms with Gasteiger partial charge in [0.2, 0.25) is 15.9 Å². The molecular formula is C22H29N3O3S. The summed E-state index contributed by atoms with van der Waals surface area (Å²) < 4.78 is 26.5. The Morgan fingerprint density at radius 3 is 2.10 bits per heavy atom. The van der Waals surface area contributed by atoms with E-state index in [2.05, 4.69) is 17.0 Å². The van der Waals surface area contributed by atoms with Crippen LogP contribution in [0.2, 0.25) is 0 Å². The van der Waals surface area contributed by atoms with Gasteiger partial charge in [-0.1, -0.05) is 42.8 Å². The Bertz CT molecular complexity index is 922. The number of carbonyl (C=O) groups excluding carboxylic acids is 1. The van der Waals surface area contributed by atoms with E-state index >= 15 is 0 Å². The summed E-state index contributed by atoms with van der Waals surface area (Å²) in [4.78, 5) is 17.3. The number of amides is 1. The van der Waals surface area contributed by atoms with Crippen molar-refractivity contribution in [3.05, 3.63) is 60.2 Å². The highest BCUT2D eigenvalue weighted by Crippen LogP contribution is 2.25. The number of benzene rings is 2. The standard InChI is InChI=1S/C22H29N3O3S/c1-4-21(25(29(3,27)28)20-12-10-18(2)11-13-20)22(26)24-16-14-23(15-17-24)19-8-6-5-7-9-19/h5-13,21H,4,14-17H2,1-3H3/t21-/m1/s1. The molecule has 0 spiro atoms. The molecule has 2 aromatic rings. The van der Waals surface area contributed by atoms with Crippen molar-refractivity contribution in [2.75, 3.05) is 41.6 Å². The van der Waals surface area contributed by atoms with Crippen LogP contribution in [0.4, 0.5) is 11.4 Å². The highest BCUT2D eigenvalue weighted by Gasteiger charge is 2.35. The van der Waals surface area contributed by atoms with Crippen LogP contribution in [-0.2, 0) is 14.8 Å².